The molecule has 2 unspecified atom stereocenters. The molecule has 1 saturated heterocycles. The number of hydrogen-bond donors (Lipinski definition) is 3. The summed E-state index contributed by atoms with van der Waals surface area (Å²) in [5.74, 6) is 2.21. The first-order chi connectivity index (χ1) is 18.0. The maximum atomic E-state index is 12.4. The number of hydrogen-bond acceptors (Lipinski definition) is 6. The molecule has 0 bridgehead atoms. The third kappa shape index (κ3) is 3.96. The molecular formula is C30H44N2O6. The van der Waals surface area contributed by atoms with E-state index in [-0.39, 0.29) is 28.9 Å². The van der Waals surface area contributed by atoms with Crippen molar-refractivity contribution in [1.82, 2.24) is 9.80 Å². The number of fused-ring (bicyclic) bond motifs is 5. The molecule has 4 saturated carbocycles. The van der Waals surface area contributed by atoms with Crippen molar-refractivity contribution >= 4 is 6.09 Å². The van der Waals surface area contributed by atoms with Crippen molar-refractivity contribution in [2.45, 2.75) is 89.4 Å². The van der Waals surface area contributed by atoms with Crippen LogP contribution in [-0.2, 0) is 0 Å². The molecule has 8 nitrogen and oxygen atoms in total. The molecule has 210 valence electrons. The molecule has 6 rings (SSSR count). The highest BCUT2D eigenvalue weighted by molar-refractivity contribution is 5.65. The second kappa shape index (κ2) is 9.34. The highest BCUT2D eigenvalue weighted by atomic mass is 16.4. The highest BCUT2D eigenvalue weighted by Crippen LogP contribution is 2.70. The zero-order valence-corrected chi connectivity index (χ0v) is 22.8. The number of piperazine rings is 1. The third-order valence-corrected chi connectivity index (χ3v) is 12.3. The molecule has 5 aliphatic rings. The van der Waals surface area contributed by atoms with Gasteiger partial charge < -0.3 is 24.6 Å². The Morgan fingerprint density at radius 3 is 2.58 bits per heavy atom. The highest BCUT2D eigenvalue weighted by Gasteiger charge is 2.67. The summed E-state index contributed by atoms with van der Waals surface area (Å²) in [7, 11) is 0. The minimum Gasteiger partial charge on any atom is -0.465 e. The van der Waals surface area contributed by atoms with Crippen LogP contribution in [0.4, 0.5) is 4.79 Å². The summed E-state index contributed by atoms with van der Waals surface area (Å²) in [5, 5.41) is 32.3. The van der Waals surface area contributed by atoms with Gasteiger partial charge in [0.05, 0.1) is 18.4 Å². The summed E-state index contributed by atoms with van der Waals surface area (Å²) in [6.07, 6.45) is 9.50. The molecule has 8 heteroatoms. The zero-order valence-electron chi connectivity index (χ0n) is 22.8. The van der Waals surface area contributed by atoms with Crippen molar-refractivity contribution in [1.29, 1.82) is 0 Å². The van der Waals surface area contributed by atoms with E-state index in [4.69, 9.17) is 4.42 Å². The van der Waals surface area contributed by atoms with Gasteiger partial charge in [-0.15, -0.1) is 0 Å². The van der Waals surface area contributed by atoms with Crippen LogP contribution in [0.25, 0.3) is 0 Å². The van der Waals surface area contributed by atoms with Gasteiger partial charge in [-0.05, 0) is 104 Å². The van der Waals surface area contributed by atoms with Crippen LogP contribution in [0.3, 0.4) is 0 Å². The van der Waals surface area contributed by atoms with Crippen molar-refractivity contribution < 1.29 is 24.5 Å². The fourth-order valence-electron chi connectivity index (χ4n) is 10.1. The summed E-state index contributed by atoms with van der Waals surface area (Å²) < 4.78 is 5.22. The van der Waals surface area contributed by atoms with E-state index in [1.165, 1.54) is 11.0 Å². The Kier molecular flexibility index (Phi) is 6.47. The Morgan fingerprint density at radius 2 is 1.87 bits per heavy atom. The second-order valence-electron chi connectivity index (χ2n) is 13.7. The number of aliphatic hydroxyl groups excluding tert-OH is 1. The molecule has 0 radical (unpaired) electrons. The third-order valence-electron chi connectivity index (χ3n) is 12.3. The van der Waals surface area contributed by atoms with E-state index >= 15 is 0 Å². The second-order valence-corrected chi connectivity index (χ2v) is 13.7. The predicted molar refractivity (Wildman–Crippen MR) is 142 cm³/mol. The van der Waals surface area contributed by atoms with Gasteiger partial charge in [-0.2, -0.15) is 0 Å². The molecular weight excluding hydrogens is 484 g/mol. The number of amides is 1. The zero-order chi connectivity index (χ0) is 26.9. The van der Waals surface area contributed by atoms with Crippen molar-refractivity contribution in [3.63, 3.8) is 0 Å². The van der Waals surface area contributed by atoms with E-state index in [9.17, 15) is 24.9 Å². The normalized spacial score (nSPS) is 45.2. The summed E-state index contributed by atoms with van der Waals surface area (Å²) in [5.41, 5.74) is 0.0652. The molecule has 38 heavy (non-hydrogen) atoms. The Hall–Kier alpha value is -1.90. The number of carboxylic acid groups (broad SMARTS) is 1. The van der Waals surface area contributed by atoms with E-state index in [0.717, 1.165) is 69.9 Å². The fraction of sp³-hybridized carbons (Fsp3) is 0.800. The van der Waals surface area contributed by atoms with Crippen LogP contribution in [0.15, 0.2) is 27.6 Å². The molecule has 0 spiro atoms. The Balaban J connectivity index is 1.15. The van der Waals surface area contributed by atoms with E-state index in [2.05, 4.69) is 18.7 Å². The van der Waals surface area contributed by atoms with Gasteiger partial charge in [0.2, 0.25) is 0 Å². The van der Waals surface area contributed by atoms with Crippen LogP contribution in [-0.4, -0.2) is 69.2 Å². The first-order valence-electron chi connectivity index (χ1n) is 14.8. The fourth-order valence-corrected chi connectivity index (χ4v) is 10.1. The average Bonchev–Trinajstić information content (AvgIpc) is 3.17. The molecule has 2 heterocycles. The van der Waals surface area contributed by atoms with Gasteiger partial charge in [0.25, 0.3) is 0 Å². The van der Waals surface area contributed by atoms with Gasteiger partial charge in [-0.1, -0.05) is 13.8 Å². The lowest BCUT2D eigenvalue weighted by Gasteiger charge is -2.64. The summed E-state index contributed by atoms with van der Waals surface area (Å²) >= 11 is 0. The number of aliphatic hydroxyl groups is 2. The molecule has 1 aromatic heterocycles. The van der Waals surface area contributed by atoms with Crippen molar-refractivity contribution in [3.8, 4) is 0 Å². The maximum Gasteiger partial charge on any atom is 0.407 e. The first-order valence-corrected chi connectivity index (χ1v) is 14.8. The Labute approximate surface area is 225 Å². The van der Waals surface area contributed by atoms with Crippen molar-refractivity contribution in [3.05, 3.63) is 34.4 Å². The lowest BCUT2D eigenvalue weighted by Crippen LogP contribution is -2.62. The van der Waals surface area contributed by atoms with E-state index < -0.39 is 17.9 Å². The number of nitrogens with zero attached hydrogens (tertiary/aromatic N) is 2. The monoisotopic (exact) mass is 528 g/mol. The number of carbonyl (C=O) groups is 1. The van der Waals surface area contributed by atoms with Gasteiger partial charge in [0.1, 0.15) is 6.23 Å². The van der Waals surface area contributed by atoms with Crippen LogP contribution in [0, 0.1) is 34.5 Å². The van der Waals surface area contributed by atoms with Crippen LogP contribution < -0.4 is 5.63 Å². The molecule has 4 aliphatic carbocycles. The minimum absolute atomic E-state index is 0.167. The Morgan fingerprint density at radius 1 is 1.05 bits per heavy atom. The van der Waals surface area contributed by atoms with Crippen LogP contribution in [0.1, 0.15) is 83.1 Å². The van der Waals surface area contributed by atoms with Crippen LogP contribution in [0.2, 0.25) is 0 Å². The molecule has 9 atom stereocenters. The summed E-state index contributed by atoms with van der Waals surface area (Å²) in [4.78, 5) is 26.2. The maximum absolute atomic E-state index is 12.4. The van der Waals surface area contributed by atoms with Gasteiger partial charge in [-0.25, -0.2) is 9.59 Å². The van der Waals surface area contributed by atoms with Crippen molar-refractivity contribution in [2.75, 3.05) is 26.2 Å². The van der Waals surface area contributed by atoms with Gasteiger partial charge in [-0.3, -0.25) is 4.90 Å². The van der Waals surface area contributed by atoms with Gasteiger partial charge in [0.15, 0.2) is 0 Å². The molecule has 1 amide bonds. The molecule has 3 N–H and O–H groups in total. The van der Waals surface area contributed by atoms with Crippen LogP contribution >= 0.6 is 0 Å². The smallest absolute Gasteiger partial charge is 0.407 e. The molecule has 1 aliphatic heterocycles. The standard InChI is InChI=1S/C30H44N2O6/c1-28-10-7-19(16-31-13-14-32(27(35)36)17-25(31)33)15-21(28)4-5-24-23(28)8-11-29(2)22(9-12-30(24,29)37)20-3-6-26(34)38-18-20/h3,6,18-19,21-25,33,37H,4-5,7-17H2,1-2H3,(H,35,36)/t19?,21?,22-,23+,24-,25+,28-,29-,30+/m1/s1. The summed E-state index contributed by atoms with van der Waals surface area (Å²) in [6.45, 7) is 6.83. The SMILES string of the molecule is C[C@@]12CCC(CN3CCN(C(=O)O)C[C@@H]3O)CC1CC[C@@H]1[C@@H]2CC[C@]2(C)[C@@H](c3ccc(=O)oc3)CC[C@]12O. The molecule has 1 aromatic rings. The minimum atomic E-state index is -0.955. The number of β-amino-alcohol motifs (C(OH)–C–C–N with tert-alkyl or cyclic N) is 1. The van der Waals surface area contributed by atoms with Crippen molar-refractivity contribution in [2.24, 2.45) is 34.5 Å². The van der Waals surface area contributed by atoms with E-state index in [1.54, 1.807) is 6.26 Å². The molecule has 0 aromatic carbocycles. The quantitative estimate of drug-likeness (QED) is 0.541. The van der Waals surface area contributed by atoms with Gasteiger partial charge >= 0.3 is 11.7 Å². The average molecular weight is 529 g/mol. The molecule has 5 fully saturated rings. The van der Waals surface area contributed by atoms with Gasteiger partial charge in [0, 0.05) is 31.1 Å². The lowest BCUT2D eigenvalue weighted by molar-refractivity contribution is -0.204. The summed E-state index contributed by atoms with van der Waals surface area (Å²) in [6, 6.07) is 3.41. The van der Waals surface area contributed by atoms with Crippen LogP contribution in [0.5, 0.6) is 0 Å². The largest absolute Gasteiger partial charge is 0.465 e. The first kappa shape index (κ1) is 26.3. The van der Waals surface area contributed by atoms with E-state index in [1.807, 2.05) is 6.07 Å². The lowest BCUT2D eigenvalue weighted by atomic mass is 9.43. The van der Waals surface area contributed by atoms with E-state index in [0.29, 0.717) is 36.8 Å². The Bertz CT molecular complexity index is 1100. The topological polar surface area (TPSA) is 114 Å². The predicted octanol–water partition coefficient (Wildman–Crippen LogP) is 4.11. The number of rotatable bonds is 3.